The molecule has 2 amide bonds. The van der Waals surface area contributed by atoms with Crippen LogP contribution >= 0.6 is 0 Å². The van der Waals surface area contributed by atoms with Gasteiger partial charge in [0, 0.05) is 30.9 Å². The third kappa shape index (κ3) is 4.37. The van der Waals surface area contributed by atoms with Gasteiger partial charge in [0.2, 0.25) is 5.91 Å². The molecular formula is C23H18F3N7O2. The summed E-state index contributed by atoms with van der Waals surface area (Å²) < 4.78 is 40.3. The van der Waals surface area contributed by atoms with Crippen molar-refractivity contribution in [1.82, 2.24) is 24.6 Å². The molecule has 0 bridgehead atoms. The molecule has 0 aliphatic carbocycles. The van der Waals surface area contributed by atoms with Gasteiger partial charge in [-0.2, -0.15) is 18.3 Å². The summed E-state index contributed by atoms with van der Waals surface area (Å²) >= 11 is 0. The van der Waals surface area contributed by atoms with Crippen LogP contribution in [0.5, 0.6) is 0 Å². The lowest BCUT2D eigenvalue weighted by Gasteiger charge is -2.16. The third-order valence-corrected chi connectivity index (χ3v) is 5.53. The molecule has 35 heavy (non-hydrogen) atoms. The zero-order chi connectivity index (χ0) is 24.7. The number of alkyl halides is 3. The first-order chi connectivity index (χ1) is 16.7. The molecule has 5 rings (SSSR count). The highest BCUT2D eigenvalue weighted by Gasteiger charge is 2.33. The second-order valence-electron chi connectivity index (χ2n) is 8.01. The van der Waals surface area contributed by atoms with Crippen molar-refractivity contribution in [1.29, 1.82) is 0 Å². The number of fused-ring (bicyclic) bond motifs is 2. The highest BCUT2D eigenvalue weighted by molar-refractivity contribution is 6.06. The van der Waals surface area contributed by atoms with E-state index in [0.29, 0.717) is 16.9 Å². The van der Waals surface area contributed by atoms with E-state index in [1.165, 1.54) is 11.0 Å². The molecule has 1 aliphatic rings. The van der Waals surface area contributed by atoms with Crippen LogP contribution in [0.3, 0.4) is 0 Å². The Labute approximate surface area is 196 Å². The minimum atomic E-state index is -4.63. The van der Waals surface area contributed by atoms with Crippen LogP contribution in [0.2, 0.25) is 0 Å². The topological polar surface area (TPSA) is 105 Å². The molecule has 1 aliphatic heterocycles. The molecular weight excluding hydrogens is 463 g/mol. The van der Waals surface area contributed by atoms with E-state index in [1.807, 2.05) is 6.07 Å². The number of nitrogens with one attached hydrogen (secondary N) is 2. The first-order valence-corrected chi connectivity index (χ1v) is 10.5. The molecule has 0 atom stereocenters. The fourth-order valence-electron chi connectivity index (χ4n) is 3.96. The van der Waals surface area contributed by atoms with E-state index in [1.54, 1.807) is 42.3 Å². The number of aromatic nitrogens is 4. The lowest BCUT2D eigenvalue weighted by Crippen LogP contribution is -2.33. The number of hydrogen-bond donors (Lipinski definition) is 2. The van der Waals surface area contributed by atoms with Gasteiger partial charge in [0.15, 0.2) is 5.65 Å². The number of rotatable bonds is 5. The van der Waals surface area contributed by atoms with Gasteiger partial charge in [-0.25, -0.2) is 4.98 Å². The maximum absolute atomic E-state index is 13.1. The second kappa shape index (κ2) is 8.38. The summed E-state index contributed by atoms with van der Waals surface area (Å²) in [5.41, 5.74) is 1.93. The molecule has 0 saturated carbocycles. The molecule has 12 heteroatoms. The smallest absolute Gasteiger partial charge is 0.354 e. The molecule has 0 unspecified atom stereocenters. The predicted octanol–water partition coefficient (Wildman–Crippen LogP) is 3.72. The van der Waals surface area contributed by atoms with E-state index < -0.39 is 17.8 Å². The van der Waals surface area contributed by atoms with Gasteiger partial charge in [0.1, 0.15) is 12.2 Å². The molecule has 3 aromatic heterocycles. The quantitative estimate of drug-likeness (QED) is 0.450. The van der Waals surface area contributed by atoms with Gasteiger partial charge in [-0.3, -0.25) is 19.3 Å². The first kappa shape index (κ1) is 22.3. The summed E-state index contributed by atoms with van der Waals surface area (Å²) in [6.45, 7) is -0.124. The molecule has 0 radical (unpaired) electrons. The molecule has 0 fully saturated rings. The van der Waals surface area contributed by atoms with Crippen molar-refractivity contribution >= 4 is 39.9 Å². The summed E-state index contributed by atoms with van der Waals surface area (Å²) in [5.74, 6) is -0.981. The van der Waals surface area contributed by atoms with E-state index >= 15 is 0 Å². The summed E-state index contributed by atoms with van der Waals surface area (Å²) in [6, 6.07) is 9.20. The van der Waals surface area contributed by atoms with Gasteiger partial charge in [-0.15, -0.1) is 0 Å². The van der Waals surface area contributed by atoms with Gasteiger partial charge < -0.3 is 15.5 Å². The molecule has 4 aromatic rings. The number of pyridine rings is 2. The highest BCUT2D eigenvalue weighted by atomic mass is 19.4. The normalized spacial score (nSPS) is 13.3. The Bertz CT molecular complexity index is 1470. The van der Waals surface area contributed by atoms with E-state index in [0.717, 1.165) is 28.9 Å². The summed E-state index contributed by atoms with van der Waals surface area (Å²) in [5, 5.41) is 10.6. The van der Waals surface area contributed by atoms with Gasteiger partial charge in [0.05, 0.1) is 29.3 Å². The van der Waals surface area contributed by atoms with Crippen molar-refractivity contribution in [2.75, 3.05) is 17.2 Å². The lowest BCUT2D eigenvalue weighted by atomic mass is 10.1. The maximum Gasteiger partial charge on any atom is 0.433 e. The van der Waals surface area contributed by atoms with Crippen LogP contribution in [-0.4, -0.2) is 43.0 Å². The van der Waals surface area contributed by atoms with E-state index in [9.17, 15) is 22.8 Å². The summed E-state index contributed by atoms with van der Waals surface area (Å²) in [7, 11) is 1.79. The number of benzene rings is 1. The minimum Gasteiger partial charge on any atom is -0.354 e. The Morgan fingerprint density at radius 1 is 1.11 bits per heavy atom. The zero-order valence-corrected chi connectivity index (χ0v) is 18.3. The largest absolute Gasteiger partial charge is 0.433 e. The molecule has 0 saturated heterocycles. The van der Waals surface area contributed by atoms with Crippen LogP contribution < -0.4 is 10.6 Å². The third-order valence-electron chi connectivity index (χ3n) is 5.53. The molecule has 178 valence electrons. The standard InChI is InChI=1S/C23H18F3N7O2/c1-32-21-14(9-29-32)7-16(10-28-21)30-17-4-2-3-13-11-33(22(35)20(13)17)12-19(34)31-15-5-6-27-18(8-15)23(24,25)26/h2-10,30H,11-12H2,1H3,(H,27,31,34). The number of nitrogens with zero attached hydrogens (tertiary/aromatic N) is 5. The lowest BCUT2D eigenvalue weighted by molar-refractivity contribution is -0.141. The van der Waals surface area contributed by atoms with Gasteiger partial charge >= 0.3 is 6.18 Å². The van der Waals surface area contributed by atoms with Gasteiger partial charge in [-0.1, -0.05) is 12.1 Å². The highest BCUT2D eigenvalue weighted by Crippen LogP contribution is 2.32. The Morgan fingerprint density at radius 3 is 2.74 bits per heavy atom. The predicted molar refractivity (Wildman–Crippen MR) is 121 cm³/mol. The molecule has 2 N–H and O–H groups in total. The average Bonchev–Trinajstić information content (AvgIpc) is 3.33. The Morgan fingerprint density at radius 2 is 1.94 bits per heavy atom. The number of carbonyl (C=O) groups excluding carboxylic acids is 2. The van der Waals surface area contributed by atoms with Crippen LogP contribution in [0.4, 0.5) is 30.2 Å². The van der Waals surface area contributed by atoms with Crippen molar-refractivity contribution < 1.29 is 22.8 Å². The summed E-state index contributed by atoms with van der Waals surface area (Å²) in [6.07, 6.45) is -0.342. The fraction of sp³-hybridized carbons (Fsp3) is 0.174. The van der Waals surface area contributed by atoms with Crippen LogP contribution in [0, 0.1) is 0 Å². The molecule has 0 spiro atoms. The van der Waals surface area contributed by atoms with E-state index in [-0.39, 0.29) is 24.7 Å². The minimum absolute atomic E-state index is 0.0536. The van der Waals surface area contributed by atoms with Crippen LogP contribution in [0.15, 0.2) is 55.0 Å². The Kier molecular flexibility index (Phi) is 5.35. The van der Waals surface area contributed by atoms with Crippen LogP contribution in [-0.2, 0) is 24.6 Å². The Balaban J connectivity index is 1.30. The SMILES string of the molecule is Cn1ncc2cc(Nc3cccc4c3C(=O)N(CC(=O)Nc3ccnc(C(F)(F)F)c3)C4)cnc21. The second-order valence-corrected chi connectivity index (χ2v) is 8.01. The molecule has 4 heterocycles. The van der Waals surface area contributed by atoms with Gasteiger partial charge in [-0.05, 0) is 29.8 Å². The number of anilines is 3. The van der Waals surface area contributed by atoms with Crippen LogP contribution in [0.25, 0.3) is 11.0 Å². The number of carbonyl (C=O) groups is 2. The summed E-state index contributed by atoms with van der Waals surface area (Å²) in [4.78, 5) is 34.6. The Hall–Kier alpha value is -4.48. The first-order valence-electron chi connectivity index (χ1n) is 10.5. The van der Waals surface area contributed by atoms with Crippen molar-refractivity contribution in [3.63, 3.8) is 0 Å². The van der Waals surface area contributed by atoms with Crippen LogP contribution in [0.1, 0.15) is 21.6 Å². The number of halogens is 3. The van der Waals surface area contributed by atoms with Crippen molar-refractivity contribution in [2.24, 2.45) is 7.05 Å². The zero-order valence-electron chi connectivity index (χ0n) is 18.3. The maximum atomic E-state index is 13.1. The number of aryl methyl sites for hydroxylation is 1. The van der Waals surface area contributed by atoms with Gasteiger partial charge in [0.25, 0.3) is 5.91 Å². The van der Waals surface area contributed by atoms with E-state index in [2.05, 4.69) is 25.7 Å². The average molecular weight is 481 g/mol. The van der Waals surface area contributed by atoms with E-state index in [4.69, 9.17) is 0 Å². The van der Waals surface area contributed by atoms with Crippen molar-refractivity contribution in [2.45, 2.75) is 12.7 Å². The monoisotopic (exact) mass is 481 g/mol. The fourth-order valence-corrected chi connectivity index (χ4v) is 3.96. The van der Waals surface area contributed by atoms with Crippen molar-refractivity contribution in [3.8, 4) is 0 Å². The molecule has 1 aromatic carbocycles. The number of amides is 2. The molecule has 9 nitrogen and oxygen atoms in total. The number of hydrogen-bond acceptors (Lipinski definition) is 6. The van der Waals surface area contributed by atoms with Crippen molar-refractivity contribution in [3.05, 3.63) is 71.8 Å².